The quantitative estimate of drug-likeness (QED) is 0.524. The second-order valence-electron chi connectivity index (χ2n) is 7.25. The van der Waals surface area contributed by atoms with Gasteiger partial charge in [-0.15, -0.1) is 16.8 Å². The standard InChI is InChI=1S/C19H20F3N7O2/c1-4-18(7-8-23-16(18)30)17-27-26-15(31-17)13-10(2)29(3)28-14(13)25-12-6-5-11(9-24-12)19(20,21)22/h4-6,9,16,23,30H,1,7-8H2,2-3H3,(H,24,25,28)/t16?,18-/m0/s1. The Kier molecular flexibility index (Phi) is 5.06. The molecule has 1 unspecified atom stereocenters. The van der Waals surface area contributed by atoms with E-state index in [2.05, 4.69) is 37.5 Å². The first-order valence-electron chi connectivity index (χ1n) is 9.39. The van der Waals surface area contributed by atoms with E-state index >= 15 is 0 Å². The average Bonchev–Trinajstić information content (AvgIpc) is 3.41. The predicted molar refractivity (Wildman–Crippen MR) is 104 cm³/mol. The fraction of sp³-hybridized carbons (Fsp3) is 0.368. The van der Waals surface area contributed by atoms with Gasteiger partial charge in [-0.05, 0) is 32.0 Å². The molecular formula is C19H20F3N7O2. The number of nitrogens with one attached hydrogen (secondary N) is 2. The summed E-state index contributed by atoms with van der Waals surface area (Å²) in [5, 5.41) is 28.7. The van der Waals surface area contributed by atoms with Crippen LogP contribution in [-0.4, -0.2) is 42.8 Å². The van der Waals surface area contributed by atoms with E-state index in [4.69, 9.17) is 4.42 Å². The van der Waals surface area contributed by atoms with E-state index in [0.717, 1.165) is 12.3 Å². The molecular weight excluding hydrogens is 415 g/mol. The Bertz CT molecular complexity index is 1110. The summed E-state index contributed by atoms with van der Waals surface area (Å²) in [5.74, 6) is 0.817. The van der Waals surface area contributed by atoms with Gasteiger partial charge in [-0.2, -0.15) is 18.3 Å². The summed E-state index contributed by atoms with van der Waals surface area (Å²) in [5.41, 5.74) is -0.607. The highest BCUT2D eigenvalue weighted by Crippen LogP contribution is 2.38. The summed E-state index contributed by atoms with van der Waals surface area (Å²) < 4.78 is 45.8. The Labute approximate surface area is 175 Å². The lowest BCUT2D eigenvalue weighted by Gasteiger charge is -2.23. The van der Waals surface area contributed by atoms with Crippen molar-refractivity contribution in [1.29, 1.82) is 0 Å². The van der Waals surface area contributed by atoms with Gasteiger partial charge in [0, 0.05) is 18.9 Å². The Morgan fingerprint density at radius 1 is 1.39 bits per heavy atom. The lowest BCUT2D eigenvalue weighted by Crippen LogP contribution is -2.38. The van der Waals surface area contributed by atoms with E-state index in [-0.39, 0.29) is 17.6 Å². The highest BCUT2D eigenvalue weighted by atomic mass is 19.4. The summed E-state index contributed by atoms with van der Waals surface area (Å²) in [6.07, 6.45) is -2.53. The zero-order chi connectivity index (χ0) is 22.4. The number of nitrogens with zero attached hydrogens (tertiary/aromatic N) is 5. The summed E-state index contributed by atoms with van der Waals surface area (Å²) >= 11 is 0. The molecule has 164 valence electrons. The van der Waals surface area contributed by atoms with E-state index in [1.54, 1.807) is 24.7 Å². The summed E-state index contributed by atoms with van der Waals surface area (Å²) in [6, 6.07) is 2.14. The summed E-state index contributed by atoms with van der Waals surface area (Å²) in [7, 11) is 1.71. The molecule has 1 aliphatic rings. The van der Waals surface area contributed by atoms with Crippen LogP contribution in [0.15, 0.2) is 35.4 Å². The fourth-order valence-electron chi connectivity index (χ4n) is 3.48. The third-order valence-electron chi connectivity index (χ3n) is 5.44. The molecule has 0 aromatic carbocycles. The van der Waals surface area contributed by atoms with Gasteiger partial charge in [-0.25, -0.2) is 4.98 Å². The summed E-state index contributed by atoms with van der Waals surface area (Å²) in [4.78, 5) is 3.81. The molecule has 1 saturated heterocycles. The van der Waals surface area contributed by atoms with E-state index in [9.17, 15) is 18.3 Å². The van der Waals surface area contributed by atoms with Crippen molar-refractivity contribution < 1.29 is 22.7 Å². The lowest BCUT2D eigenvalue weighted by molar-refractivity contribution is -0.137. The lowest BCUT2D eigenvalue weighted by atomic mass is 9.85. The number of aryl methyl sites for hydroxylation is 1. The van der Waals surface area contributed by atoms with Crippen LogP contribution in [0.3, 0.4) is 0 Å². The molecule has 9 nitrogen and oxygen atoms in total. The van der Waals surface area contributed by atoms with Gasteiger partial charge in [-0.3, -0.25) is 10.00 Å². The number of aliphatic hydroxyl groups is 1. The molecule has 12 heteroatoms. The van der Waals surface area contributed by atoms with Crippen molar-refractivity contribution in [3.8, 4) is 11.5 Å². The number of pyridine rings is 1. The van der Waals surface area contributed by atoms with Crippen LogP contribution in [-0.2, 0) is 18.6 Å². The molecule has 0 spiro atoms. The van der Waals surface area contributed by atoms with Crippen LogP contribution < -0.4 is 10.6 Å². The minimum atomic E-state index is -4.47. The monoisotopic (exact) mass is 435 g/mol. The van der Waals surface area contributed by atoms with Gasteiger partial charge in [0.15, 0.2) is 5.82 Å². The molecule has 0 amide bonds. The molecule has 31 heavy (non-hydrogen) atoms. The first kappa shape index (κ1) is 21.0. The molecule has 4 rings (SSSR count). The van der Waals surface area contributed by atoms with E-state index in [0.29, 0.717) is 30.0 Å². The van der Waals surface area contributed by atoms with Gasteiger partial charge >= 0.3 is 6.18 Å². The molecule has 2 atom stereocenters. The molecule has 0 aliphatic carbocycles. The van der Waals surface area contributed by atoms with Crippen LogP contribution in [0.5, 0.6) is 0 Å². The second kappa shape index (κ2) is 7.46. The number of anilines is 2. The number of hydrogen-bond donors (Lipinski definition) is 3. The third-order valence-corrected chi connectivity index (χ3v) is 5.44. The minimum absolute atomic E-state index is 0.148. The Morgan fingerprint density at radius 2 is 2.16 bits per heavy atom. The van der Waals surface area contributed by atoms with Crippen molar-refractivity contribution in [2.75, 3.05) is 11.9 Å². The number of aliphatic hydroxyl groups excluding tert-OH is 1. The summed E-state index contributed by atoms with van der Waals surface area (Å²) in [6.45, 7) is 6.14. The Balaban J connectivity index is 1.68. The van der Waals surface area contributed by atoms with Crippen molar-refractivity contribution in [1.82, 2.24) is 30.3 Å². The average molecular weight is 435 g/mol. The highest BCUT2D eigenvalue weighted by Gasteiger charge is 2.46. The molecule has 1 fully saturated rings. The topological polar surface area (TPSA) is 114 Å². The molecule has 3 aromatic heterocycles. The van der Waals surface area contributed by atoms with E-state index in [1.165, 1.54) is 6.07 Å². The minimum Gasteiger partial charge on any atom is -0.419 e. The number of rotatable bonds is 5. The van der Waals surface area contributed by atoms with Crippen molar-refractivity contribution in [3.63, 3.8) is 0 Å². The fourth-order valence-corrected chi connectivity index (χ4v) is 3.48. The third kappa shape index (κ3) is 3.57. The SMILES string of the molecule is C=C[C@]1(c2nnc(-c3c(Nc4ccc(C(F)(F)F)cn4)nn(C)c3C)o2)CCNC1O. The van der Waals surface area contributed by atoms with Gasteiger partial charge in [0.2, 0.25) is 5.89 Å². The van der Waals surface area contributed by atoms with Crippen LogP contribution >= 0.6 is 0 Å². The molecule has 0 radical (unpaired) electrons. The molecule has 3 N–H and O–H groups in total. The number of aromatic nitrogens is 5. The highest BCUT2D eigenvalue weighted by molar-refractivity contribution is 5.75. The van der Waals surface area contributed by atoms with Crippen LogP contribution in [0.1, 0.15) is 23.6 Å². The maximum Gasteiger partial charge on any atom is 0.417 e. The maximum atomic E-state index is 12.8. The van der Waals surface area contributed by atoms with Gasteiger partial charge in [0.1, 0.15) is 23.0 Å². The van der Waals surface area contributed by atoms with Crippen molar-refractivity contribution in [2.45, 2.75) is 31.2 Å². The van der Waals surface area contributed by atoms with Gasteiger partial charge in [-0.1, -0.05) is 6.08 Å². The van der Waals surface area contributed by atoms with E-state index in [1.807, 2.05) is 0 Å². The maximum absolute atomic E-state index is 12.8. The first-order chi connectivity index (χ1) is 14.7. The molecule has 0 saturated carbocycles. The van der Waals surface area contributed by atoms with Gasteiger partial charge < -0.3 is 14.8 Å². The molecule has 1 aliphatic heterocycles. The number of alkyl halides is 3. The molecule has 0 bridgehead atoms. The van der Waals surface area contributed by atoms with Crippen molar-refractivity contribution in [3.05, 3.63) is 48.1 Å². The largest absolute Gasteiger partial charge is 0.419 e. The smallest absolute Gasteiger partial charge is 0.417 e. The normalized spacial score (nSPS) is 21.4. The van der Waals surface area contributed by atoms with Crippen LogP contribution in [0.2, 0.25) is 0 Å². The molecule has 3 aromatic rings. The molecule has 4 heterocycles. The van der Waals surface area contributed by atoms with Crippen molar-refractivity contribution >= 4 is 11.6 Å². The van der Waals surface area contributed by atoms with Crippen molar-refractivity contribution in [2.24, 2.45) is 7.05 Å². The zero-order valence-electron chi connectivity index (χ0n) is 16.7. The van der Waals surface area contributed by atoms with Crippen LogP contribution in [0.4, 0.5) is 24.8 Å². The van der Waals surface area contributed by atoms with Gasteiger partial charge in [0.05, 0.1) is 5.56 Å². The van der Waals surface area contributed by atoms with Crippen LogP contribution in [0, 0.1) is 6.92 Å². The predicted octanol–water partition coefficient (Wildman–Crippen LogP) is 2.67. The number of halogens is 3. The van der Waals surface area contributed by atoms with Crippen LogP contribution in [0.25, 0.3) is 11.5 Å². The Hall–Kier alpha value is -3.25. The Morgan fingerprint density at radius 3 is 2.74 bits per heavy atom. The van der Waals surface area contributed by atoms with Gasteiger partial charge in [0.25, 0.3) is 5.89 Å². The zero-order valence-corrected chi connectivity index (χ0v) is 16.7. The van der Waals surface area contributed by atoms with E-state index < -0.39 is 23.4 Å². The number of hydrogen-bond acceptors (Lipinski definition) is 8. The first-order valence-corrected chi connectivity index (χ1v) is 9.39. The second-order valence-corrected chi connectivity index (χ2v) is 7.25.